The van der Waals surface area contributed by atoms with Crippen LogP contribution in [0.5, 0.6) is 0 Å². The summed E-state index contributed by atoms with van der Waals surface area (Å²) >= 11 is 0. The van der Waals surface area contributed by atoms with Crippen LogP contribution in [-0.4, -0.2) is 23.8 Å². The van der Waals surface area contributed by atoms with E-state index in [1.54, 1.807) is 13.8 Å². The van der Waals surface area contributed by atoms with Crippen LogP contribution in [0.15, 0.2) is 0 Å². The van der Waals surface area contributed by atoms with E-state index in [0.717, 1.165) is 0 Å². The first-order valence-electron chi connectivity index (χ1n) is 3.37. The molecule has 0 aliphatic heterocycles. The highest BCUT2D eigenvalue weighted by atomic mass is 16.5. The van der Waals surface area contributed by atoms with Crippen LogP contribution >= 0.6 is 0 Å². The van der Waals surface area contributed by atoms with E-state index in [2.05, 4.69) is 4.74 Å². The van der Waals surface area contributed by atoms with E-state index in [0.29, 0.717) is 0 Å². The van der Waals surface area contributed by atoms with Crippen molar-refractivity contribution in [2.24, 2.45) is 0 Å². The molecule has 0 saturated heterocycles. The molecule has 0 aromatic heterocycles. The molecule has 0 aliphatic rings. The summed E-state index contributed by atoms with van der Waals surface area (Å²) in [6.45, 7) is 3.20. The van der Waals surface area contributed by atoms with Crippen LogP contribution in [0, 0.1) is 0 Å². The van der Waals surface area contributed by atoms with Crippen molar-refractivity contribution in [1.82, 2.24) is 0 Å². The lowest BCUT2D eigenvalue weighted by molar-refractivity contribution is -0.300. The monoisotopic (exact) mass is 173 g/mol. The van der Waals surface area contributed by atoms with Crippen molar-refractivity contribution in [3.63, 3.8) is 0 Å². The maximum atomic E-state index is 10.6. The van der Waals surface area contributed by atoms with Gasteiger partial charge in [0.05, 0.1) is 6.10 Å². The predicted molar refractivity (Wildman–Crippen MR) is 35.9 cm³/mol. The van der Waals surface area contributed by atoms with Gasteiger partial charge in [-0.15, -0.1) is 0 Å². The molecule has 5 nitrogen and oxygen atoms in total. The maximum absolute atomic E-state index is 10.6. The second-order valence-corrected chi connectivity index (χ2v) is 2.43. The molecule has 0 aromatic carbocycles. The minimum atomic E-state index is -1.87. The summed E-state index contributed by atoms with van der Waals surface area (Å²) in [5, 5.41) is 9.85. The average molecular weight is 173 g/mol. The zero-order valence-corrected chi connectivity index (χ0v) is 6.83. The summed E-state index contributed by atoms with van der Waals surface area (Å²) in [5.74, 6) is -3.98. The summed E-state index contributed by atoms with van der Waals surface area (Å²) < 4.78 is 4.52. The van der Waals surface area contributed by atoms with Crippen molar-refractivity contribution in [3.8, 4) is 0 Å². The first-order chi connectivity index (χ1) is 5.43. The van der Waals surface area contributed by atoms with Crippen molar-refractivity contribution in [3.05, 3.63) is 0 Å². The molecule has 0 spiro atoms. The van der Waals surface area contributed by atoms with Gasteiger partial charge >= 0.3 is 5.97 Å². The van der Waals surface area contributed by atoms with Crippen LogP contribution < -0.4 is 5.11 Å². The van der Waals surface area contributed by atoms with Gasteiger partial charge in [0.2, 0.25) is 0 Å². The van der Waals surface area contributed by atoms with Crippen LogP contribution in [0.25, 0.3) is 0 Å². The zero-order valence-electron chi connectivity index (χ0n) is 6.83. The number of ether oxygens (including phenoxy) is 1. The highest BCUT2D eigenvalue weighted by Crippen LogP contribution is 1.93. The number of carbonyl (C=O) groups excluding carboxylic acids is 3. The number of hydrogen-bond acceptors (Lipinski definition) is 5. The molecule has 0 unspecified atom stereocenters. The van der Waals surface area contributed by atoms with Crippen molar-refractivity contribution < 1.29 is 24.2 Å². The molecule has 0 saturated carbocycles. The Balaban J connectivity index is 3.85. The van der Waals surface area contributed by atoms with Crippen LogP contribution in [0.4, 0.5) is 0 Å². The molecule has 0 radical (unpaired) electrons. The van der Waals surface area contributed by atoms with E-state index in [4.69, 9.17) is 0 Å². The van der Waals surface area contributed by atoms with Crippen molar-refractivity contribution in [2.75, 3.05) is 0 Å². The molecule has 0 heterocycles. The van der Waals surface area contributed by atoms with Crippen molar-refractivity contribution in [2.45, 2.75) is 26.4 Å². The Hall–Kier alpha value is -1.39. The second kappa shape index (κ2) is 4.48. The van der Waals surface area contributed by atoms with Gasteiger partial charge in [0.25, 0.3) is 0 Å². The van der Waals surface area contributed by atoms with Gasteiger partial charge in [-0.1, -0.05) is 0 Å². The molecular formula is C7H9O5-. The lowest BCUT2D eigenvalue weighted by atomic mass is 10.3. The summed E-state index contributed by atoms with van der Waals surface area (Å²) in [5.41, 5.74) is 0. The van der Waals surface area contributed by atoms with Gasteiger partial charge in [0.1, 0.15) is 12.4 Å². The van der Waals surface area contributed by atoms with Gasteiger partial charge in [-0.25, -0.2) is 0 Å². The van der Waals surface area contributed by atoms with E-state index in [1.165, 1.54) is 0 Å². The molecule has 0 rings (SSSR count). The standard InChI is InChI=1S/C7H10O5/c1-4(2)12-6(9)3-5(8)7(10)11/h4H,3H2,1-2H3,(H,10,11)/p-1. The van der Waals surface area contributed by atoms with Gasteiger partial charge < -0.3 is 14.6 Å². The number of carboxylic acids is 1. The summed E-state index contributed by atoms with van der Waals surface area (Å²) in [7, 11) is 0. The fraction of sp³-hybridized carbons (Fsp3) is 0.571. The zero-order chi connectivity index (χ0) is 9.72. The van der Waals surface area contributed by atoms with Gasteiger partial charge in [0, 0.05) is 0 Å². The topological polar surface area (TPSA) is 83.5 Å². The molecule has 5 heteroatoms. The highest BCUT2D eigenvalue weighted by Gasteiger charge is 2.12. The summed E-state index contributed by atoms with van der Waals surface area (Å²) in [6.07, 6.45) is -1.12. The first kappa shape index (κ1) is 10.6. The Labute approximate surface area is 69.3 Å². The van der Waals surface area contributed by atoms with Crippen molar-refractivity contribution in [1.29, 1.82) is 0 Å². The number of Topliss-reactive ketones (excluding diaryl/α,β-unsaturated/α-hetero) is 1. The summed E-state index contributed by atoms with van der Waals surface area (Å²) in [4.78, 5) is 30.9. The molecule has 0 atom stereocenters. The lowest BCUT2D eigenvalue weighted by Crippen LogP contribution is -2.33. The SMILES string of the molecule is CC(C)OC(=O)CC(=O)C(=O)[O-]. The van der Waals surface area contributed by atoms with Gasteiger partial charge in [-0.05, 0) is 13.8 Å². The van der Waals surface area contributed by atoms with E-state index in [9.17, 15) is 19.5 Å². The Morgan fingerprint density at radius 2 is 1.83 bits per heavy atom. The predicted octanol–water partition coefficient (Wildman–Crippen LogP) is -1.35. The fourth-order valence-corrected chi connectivity index (χ4v) is 0.508. The Morgan fingerprint density at radius 1 is 1.33 bits per heavy atom. The Morgan fingerprint density at radius 3 is 2.17 bits per heavy atom. The van der Waals surface area contributed by atoms with E-state index in [1.807, 2.05) is 0 Å². The number of aliphatic carboxylic acids is 1. The fourth-order valence-electron chi connectivity index (χ4n) is 0.508. The lowest BCUT2D eigenvalue weighted by Gasteiger charge is -2.06. The molecule has 0 fully saturated rings. The highest BCUT2D eigenvalue weighted by molar-refractivity contribution is 6.34. The van der Waals surface area contributed by atoms with Gasteiger partial charge in [0.15, 0.2) is 5.78 Å². The van der Waals surface area contributed by atoms with Crippen LogP contribution in [-0.2, 0) is 19.1 Å². The average Bonchev–Trinajstić information content (AvgIpc) is 1.84. The van der Waals surface area contributed by atoms with Crippen LogP contribution in [0.1, 0.15) is 20.3 Å². The van der Waals surface area contributed by atoms with Crippen LogP contribution in [0.2, 0.25) is 0 Å². The molecule has 0 aromatic rings. The number of hydrogen-bond donors (Lipinski definition) is 0. The van der Waals surface area contributed by atoms with Gasteiger partial charge in [-0.2, -0.15) is 0 Å². The minimum absolute atomic E-state index is 0.355. The largest absolute Gasteiger partial charge is 0.542 e. The number of esters is 1. The molecule has 0 aliphatic carbocycles. The van der Waals surface area contributed by atoms with Gasteiger partial charge in [-0.3, -0.25) is 9.59 Å². The Kier molecular flexibility index (Phi) is 3.96. The third-order valence-corrected chi connectivity index (χ3v) is 0.900. The number of ketones is 1. The number of carboxylic acid groups (broad SMARTS) is 1. The smallest absolute Gasteiger partial charge is 0.313 e. The van der Waals surface area contributed by atoms with E-state index < -0.39 is 24.1 Å². The molecule has 0 bridgehead atoms. The maximum Gasteiger partial charge on any atom is 0.313 e. The minimum Gasteiger partial charge on any atom is -0.542 e. The number of carbonyl (C=O) groups is 3. The normalized spacial score (nSPS) is 9.58. The molecule has 68 valence electrons. The third-order valence-electron chi connectivity index (χ3n) is 0.900. The summed E-state index contributed by atoms with van der Waals surface area (Å²) in [6, 6.07) is 0. The third kappa shape index (κ3) is 4.43. The first-order valence-corrected chi connectivity index (χ1v) is 3.37. The molecule has 0 N–H and O–H groups in total. The second-order valence-electron chi connectivity index (χ2n) is 2.43. The quantitative estimate of drug-likeness (QED) is 0.298. The van der Waals surface area contributed by atoms with Crippen molar-refractivity contribution >= 4 is 17.7 Å². The Bertz CT molecular complexity index is 206. The molecule has 0 amide bonds. The molecule has 12 heavy (non-hydrogen) atoms. The molecular weight excluding hydrogens is 164 g/mol. The van der Waals surface area contributed by atoms with E-state index >= 15 is 0 Å². The van der Waals surface area contributed by atoms with Crippen LogP contribution in [0.3, 0.4) is 0 Å². The number of rotatable bonds is 4. The van der Waals surface area contributed by atoms with E-state index in [-0.39, 0.29) is 6.10 Å².